The molecule has 35 heavy (non-hydrogen) atoms. The zero-order valence-electron chi connectivity index (χ0n) is 22.1. The Morgan fingerprint density at radius 2 is 1.63 bits per heavy atom. The smallest absolute Gasteiger partial charge is 0.408 e. The van der Waals surface area contributed by atoms with Crippen molar-refractivity contribution >= 4 is 23.8 Å². The summed E-state index contributed by atoms with van der Waals surface area (Å²) in [5.41, 5.74) is 5.23. The van der Waals surface area contributed by atoms with Crippen LogP contribution in [-0.2, 0) is 19.1 Å². The second-order valence-corrected chi connectivity index (χ2v) is 9.88. The summed E-state index contributed by atoms with van der Waals surface area (Å²) in [6, 6.07) is 6.26. The molecule has 0 aliphatic carbocycles. The van der Waals surface area contributed by atoms with Gasteiger partial charge in [-0.1, -0.05) is 50.6 Å². The lowest BCUT2D eigenvalue weighted by Gasteiger charge is -2.38. The first kappa shape index (κ1) is 29.9. The molecule has 0 radical (unpaired) electrons. The monoisotopic (exact) mass is 490 g/mol. The van der Waals surface area contributed by atoms with Crippen LogP contribution in [0.15, 0.2) is 30.3 Å². The van der Waals surface area contributed by atoms with Gasteiger partial charge in [0, 0.05) is 12.1 Å². The van der Waals surface area contributed by atoms with Crippen molar-refractivity contribution in [1.29, 1.82) is 0 Å². The predicted molar refractivity (Wildman–Crippen MR) is 135 cm³/mol. The Labute approximate surface area is 209 Å². The van der Waals surface area contributed by atoms with Gasteiger partial charge < -0.3 is 26.0 Å². The summed E-state index contributed by atoms with van der Waals surface area (Å²) in [6.45, 7) is 12.7. The molecule has 0 bridgehead atoms. The van der Waals surface area contributed by atoms with Crippen LogP contribution in [-0.4, -0.2) is 52.4 Å². The molecule has 196 valence electrons. The maximum atomic E-state index is 13.9. The zero-order chi connectivity index (χ0) is 26.8. The lowest BCUT2D eigenvalue weighted by atomic mass is 9.99. The quantitative estimate of drug-likeness (QED) is 0.413. The van der Waals surface area contributed by atoms with Crippen LogP contribution >= 0.6 is 0 Å². The van der Waals surface area contributed by atoms with Crippen molar-refractivity contribution in [2.45, 2.75) is 104 Å². The third-order valence-corrected chi connectivity index (χ3v) is 5.47. The van der Waals surface area contributed by atoms with Crippen LogP contribution < -0.4 is 16.4 Å². The van der Waals surface area contributed by atoms with Gasteiger partial charge in [-0.3, -0.25) is 14.4 Å². The molecule has 4 N–H and O–H groups in total. The minimum absolute atomic E-state index is 0.0890. The lowest BCUT2D eigenvalue weighted by molar-refractivity contribution is -0.146. The molecule has 0 aliphatic heterocycles. The summed E-state index contributed by atoms with van der Waals surface area (Å²) < 4.78 is 5.29. The van der Waals surface area contributed by atoms with Gasteiger partial charge in [0.15, 0.2) is 0 Å². The van der Waals surface area contributed by atoms with E-state index in [9.17, 15) is 19.2 Å². The number of carbonyl (C=O) groups is 4. The molecule has 0 fully saturated rings. The number of nitrogens with zero attached hydrogens (tertiary/aromatic N) is 1. The van der Waals surface area contributed by atoms with Crippen LogP contribution in [0.5, 0.6) is 0 Å². The van der Waals surface area contributed by atoms with Gasteiger partial charge in [-0.2, -0.15) is 0 Å². The maximum Gasteiger partial charge on any atom is 0.408 e. The highest BCUT2D eigenvalue weighted by Gasteiger charge is 2.39. The summed E-state index contributed by atoms with van der Waals surface area (Å²) in [7, 11) is 0. The second kappa shape index (κ2) is 13.7. The van der Waals surface area contributed by atoms with Crippen molar-refractivity contribution < 1.29 is 23.9 Å². The Morgan fingerprint density at radius 3 is 2.11 bits per heavy atom. The van der Waals surface area contributed by atoms with Crippen molar-refractivity contribution in [2.24, 2.45) is 5.73 Å². The van der Waals surface area contributed by atoms with Crippen LogP contribution in [0.4, 0.5) is 4.79 Å². The molecule has 1 aromatic rings. The Balaban J connectivity index is 3.47. The highest BCUT2D eigenvalue weighted by Crippen LogP contribution is 2.27. The summed E-state index contributed by atoms with van der Waals surface area (Å²) in [5.74, 6) is -1.68. The van der Waals surface area contributed by atoms with Gasteiger partial charge in [0.1, 0.15) is 17.7 Å². The second-order valence-electron chi connectivity index (χ2n) is 9.88. The third kappa shape index (κ3) is 9.96. The summed E-state index contributed by atoms with van der Waals surface area (Å²) >= 11 is 0. The molecular weight excluding hydrogens is 448 g/mol. The van der Waals surface area contributed by atoms with E-state index >= 15 is 0 Å². The van der Waals surface area contributed by atoms with E-state index in [1.807, 2.05) is 33.8 Å². The van der Waals surface area contributed by atoms with E-state index in [0.29, 0.717) is 12.0 Å². The first-order valence-corrected chi connectivity index (χ1v) is 12.3. The highest BCUT2D eigenvalue weighted by molar-refractivity contribution is 5.94. The highest BCUT2D eigenvalue weighted by atomic mass is 16.6. The number of carbonyl (C=O) groups excluding carboxylic acids is 4. The Hall–Kier alpha value is -3.10. The number of hydrogen-bond donors (Lipinski definition) is 3. The van der Waals surface area contributed by atoms with Crippen LogP contribution in [0.1, 0.15) is 85.8 Å². The molecule has 0 aromatic heterocycles. The average Bonchev–Trinajstić information content (AvgIpc) is 2.75. The topological polar surface area (TPSA) is 131 Å². The molecule has 4 atom stereocenters. The van der Waals surface area contributed by atoms with E-state index in [0.717, 1.165) is 12.8 Å². The molecule has 0 aliphatic rings. The Bertz CT molecular complexity index is 853. The third-order valence-electron chi connectivity index (χ3n) is 5.47. The van der Waals surface area contributed by atoms with Gasteiger partial charge >= 0.3 is 6.09 Å². The number of benzene rings is 1. The summed E-state index contributed by atoms with van der Waals surface area (Å²) in [5, 5.41) is 5.49. The van der Waals surface area contributed by atoms with Crippen molar-refractivity contribution in [3.05, 3.63) is 35.9 Å². The first-order chi connectivity index (χ1) is 16.3. The van der Waals surface area contributed by atoms with Crippen molar-refractivity contribution in [2.75, 3.05) is 0 Å². The van der Waals surface area contributed by atoms with Gasteiger partial charge in [0.05, 0.1) is 6.42 Å². The summed E-state index contributed by atoms with van der Waals surface area (Å²) in [6.07, 6.45) is 0.947. The largest absolute Gasteiger partial charge is 0.444 e. The number of nitrogens with two attached hydrogens (primary N) is 1. The van der Waals surface area contributed by atoms with Crippen LogP contribution in [0, 0.1) is 0 Å². The van der Waals surface area contributed by atoms with Crippen molar-refractivity contribution in [3.63, 3.8) is 0 Å². The number of alkyl carbamates (subject to hydrolysis) is 1. The van der Waals surface area contributed by atoms with Gasteiger partial charge in [-0.15, -0.1) is 0 Å². The van der Waals surface area contributed by atoms with Crippen molar-refractivity contribution in [1.82, 2.24) is 15.5 Å². The molecule has 1 rings (SSSR count). The number of nitrogens with one attached hydrogen (secondary N) is 2. The Morgan fingerprint density at radius 1 is 1.03 bits per heavy atom. The molecule has 9 nitrogen and oxygen atoms in total. The predicted octanol–water partition coefficient (Wildman–Crippen LogP) is 3.43. The molecule has 9 heteroatoms. The number of amides is 4. The molecular formula is C26H42N4O5. The van der Waals surface area contributed by atoms with E-state index in [1.165, 1.54) is 4.90 Å². The van der Waals surface area contributed by atoms with Crippen LogP contribution in [0.2, 0.25) is 0 Å². The number of rotatable bonds is 12. The SMILES string of the molecule is CCCC(C)NC(=O)C(c1ccccc1)N(C(=O)C(CC(N)=O)NC(=O)OC(C)(C)C)C(C)CC. The number of ether oxygens (including phenoxy) is 1. The molecule has 1 aromatic carbocycles. The number of hydrogen-bond acceptors (Lipinski definition) is 5. The minimum Gasteiger partial charge on any atom is -0.444 e. The minimum atomic E-state index is -1.29. The average molecular weight is 491 g/mol. The molecule has 0 saturated heterocycles. The zero-order valence-corrected chi connectivity index (χ0v) is 22.1. The fourth-order valence-electron chi connectivity index (χ4n) is 3.73. The molecule has 0 saturated carbocycles. The molecule has 0 heterocycles. The van der Waals surface area contributed by atoms with Gasteiger partial charge in [-0.25, -0.2) is 4.79 Å². The maximum absolute atomic E-state index is 13.9. The normalized spacial score (nSPS) is 14.7. The fraction of sp³-hybridized carbons (Fsp3) is 0.615. The molecule has 4 amide bonds. The fourth-order valence-corrected chi connectivity index (χ4v) is 3.73. The van der Waals surface area contributed by atoms with Crippen LogP contribution in [0.3, 0.4) is 0 Å². The van der Waals surface area contributed by atoms with Gasteiger partial charge in [0.2, 0.25) is 17.7 Å². The first-order valence-electron chi connectivity index (χ1n) is 12.3. The number of primary amides is 1. The van der Waals surface area contributed by atoms with E-state index in [-0.39, 0.29) is 18.0 Å². The molecule has 0 spiro atoms. The molecule has 4 unspecified atom stereocenters. The standard InChI is InChI=1S/C26H42N4O5/c1-8-13-17(3)28-23(32)22(19-14-11-10-12-15-19)30(18(4)9-2)24(33)20(16-21(27)31)29-25(34)35-26(5,6)7/h10-12,14-15,17-18,20,22H,8-9,13,16H2,1-7H3,(H2,27,31)(H,28,32)(H,29,34). The Kier molecular flexibility index (Phi) is 11.7. The lowest BCUT2D eigenvalue weighted by Crippen LogP contribution is -2.56. The van der Waals surface area contributed by atoms with Gasteiger partial charge in [0.25, 0.3) is 0 Å². The summed E-state index contributed by atoms with van der Waals surface area (Å²) in [4.78, 5) is 53.1. The van der Waals surface area contributed by atoms with E-state index in [2.05, 4.69) is 10.6 Å². The van der Waals surface area contributed by atoms with Crippen molar-refractivity contribution in [3.8, 4) is 0 Å². The van der Waals surface area contributed by atoms with E-state index < -0.39 is 42.0 Å². The van der Waals surface area contributed by atoms with Gasteiger partial charge in [-0.05, 0) is 53.0 Å². The van der Waals surface area contributed by atoms with E-state index in [1.54, 1.807) is 45.0 Å². The van der Waals surface area contributed by atoms with Crippen LogP contribution in [0.25, 0.3) is 0 Å². The van der Waals surface area contributed by atoms with E-state index in [4.69, 9.17) is 10.5 Å².